The molecule has 20 heavy (non-hydrogen) atoms. The standard InChI is InChI=1S/C15H15BrN4/c1-4-14-18-13(16)7-15(19-14)20-8-17-11-5-9(2)10(3)6-12(11)20/h5-8H,4H2,1-3H3. The predicted molar refractivity (Wildman–Crippen MR) is 83.2 cm³/mol. The number of aryl methyl sites for hydroxylation is 3. The summed E-state index contributed by atoms with van der Waals surface area (Å²) >= 11 is 3.44. The van der Waals surface area contributed by atoms with Gasteiger partial charge < -0.3 is 0 Å². The number of nitrogens with zero attached hydrogens (tertiary/aromatic N) is 4. The second-order valence-corrected chi connectivity index (χ2v) is 5.67. The molecule has 0 atom stereocenters. The summed E-state index contributed by atoms with van der Waals surface area (Å²) in [4.78, 5) is 13.4. The zero-order valence-corrected chi connectivity index (χ0v) is 13.3. The normalized spacial score (nSPS) is 11.2. The van der Waals surface area contributed by atoms with Crippen LogP contribution < -0.4 is 0 Å². The zero-order valence-electron chi connectivity index (χ0n) is 11.7. The van der Waals surface area contributed by atoms with Crippen molar-refractivity contribution < 1.29 is 0 Å². The lowest BCUT2D eigenvalue weighted by Gasteiger charge is -2.07. The van der Waals surface area contributed by atoms with E-state index in [9.17, 15) is 0 Å². The van der Waals surface area contributed by atoms with E-state index in [1.54, 1.807) is 0 Å². The Morgan fingerprint density at radius 1 is 1.10 bits per heavy atom. The Morgan fingerprint density at radius 2 is 1.85 bits per heavy atom. The second kappa shape index (κ2) is 4.98. The first-order valence-corrected chi connectivity index (χ1v) is 7.36. The molecule has 0 saturated heterocycles. The molecule has 2 aromatic heterocycles. The Balaban J connectivity index is 2.24. The van der Waals surface area contributed by atoms with Crippen molar-refractivity contribution in [2.24, 2.45) is 0 Å². The van der Waals surface area contributed by atoms with Gasteiger partial charge in [0.05, 0.1) is 11.0 Å². The molecule has 3 rings (SSSR count). The quantitative estimate of drug-likeness (QED) is 0.672. The van der Waals surface area contributed by atoms with Crippen molar-refractivity contribution in [1.29, 1.82) is 0 Å². The predicted octanol–water partition coefficient (Wildman–Crippen LogP) is 3.76. The summed E-state index contributed by atoms with van der Waals surface area (Å²) in [6.45, 7) is 6.26. The zero-order chi connectivity index (χ0) is 14.3. The van der Waals surface area contributed by atoms with Gasteiger partial charge in [0, 0.05) is 12.5 Å². The van der Waals surface area contributed by atoms with Crippen LogP contribution in [-0.4, -0.2) is 19.5 Å². The van der Waals surface area contributed by atoms with Crippen LogP contribution in [0.25, 0.3) is 16.9 Å². The van der Waals surface area contributed by atoms with Gasteiger partial charge in [-0.05, 0) is 53.0 Å². The maximum absolute atomic E-state index is 4.58. The molecule has 0 N–H and O–H groups in total. The van der Waals surface area contributed by atoms with Crippen LogP contribution in [0.1, 0.15) is 23.9 Å². The van der Waals surface area contributed by atoms with Gasteiger partial charge in [0.1, 0.15) is 22.6 Å². The summed E-state index contributed by atoms with van der Waals surface area (Å²) in [6.07, 6.45) is 2.62. The van der Waals surface area contributed by atoms with Crippen LogP contribution in [-0.2, 0) is 6.42 Å². The SMILES string of the molecule is CCc1nc(Br)cc(-n2cnc3cc(C)c(C)cc32)n1. The van der Waals surface area contributed by atoms with Crippen molar-refractivity contribution in [3.8, 4) is 5.82 Å². The molecule has 0 unspecified atom stereocenters. The van der Waals surface area contributed by atoms with E-state index in [0.29, 0.717) is 0 Å². The van der Waals surface area contributed by atoms with Gasteiger partial charge >= 0.3 is 0 Å². The Labute approximate surface area is 126 Å². The van der Waals surface area contributed by atoms with Crippen molar-refractivity contribution in [1.82, 2.24) is 19.5 Å². The summed E-state index contributed by atoms with van der Waals surface area (Å²) in [5.74, 6) is 1.66. The van der Waals surface area contributed by atoms with Gasteiger partial charge in [0.25, 0.3) is 0 Å². The third-order valence-corrected chi connectivity index (χ3v) is 3.86. The van der Waals surface area contributed by atoms with Gasteiger partial charge in [0.2, 0.25) is 0 Å². The Kier molecular flexibility index (Phi) is 3.30. The third-order valence-electron chi connectivity index (χ3n) is 3.45. The van der Waals surface area contributed by atoms with Crippen LogP contribution in [0.4, 0.5) is 0 Å². The molecule has 4 nitrogen and oxygen atoms in total. The van der Waals surface area contributed by atoms with Crippen LogP contribution in [0.15, 0.2) is 29.1 Å². The molecule has 1 aromatic carbocycles. The molecule has 0 radical (unpaired) electrons. The molecular formula is C15H15BrN4. The van der Waals surface area contributed by atoms with E-state index in [1.165, 1.54) is 11.1 Å². The fourth-order valence-corrected chi connectivity index (χ4v) is 2.59. The highest BCUT2D eigenvalue weighted by Crippen LogP contribution is 2.22. The second-order valence-electron chi connectivity index (χ2n) is 4.86. The maximum Gasteiger partial charge on any atom is 0.143 e. The first kappa shape index (κ1) is 13.2. The largest absolute Gasteiger partial charge is 0.283 e. The summed E-state index contributed by atoms with van der Waals surface area (Å²) in [6, 6.07) is 6.17. The lowest BCUT2D eigenvalue weighted by Crippen LogP contribution is -2.02. The van der Waals surface area contributed by atoms with Crippen LogP contribution in [0, 0.1) is 13.8 Å². The minimum atomic E-state index is 0.796. The summed E-state index contributed by atoms with van der Waals surface area (Å²) in [5.41, 5.74) is 4.56. The molecule has 0 amide bonds. The number of hydrogen-bond acceptors (Lipinski definition) is 3. The molecule has 0 bridgehead atoms. The van der Waals surface area contributed by atoms with Gasteiger partial charge in [-0.2, -0.15) is 0 Å². The first-order chi connectivity index (χ1) is 9.58. The Hall–Kier alpha value is -1.75. The van der Waals surface area contributed by atoms with E-state index in [2.05, 4.69) is 56.9 Å². The van der Waals surface area contributed by atoms with E-state index in [4.69, 9.17) is 0 Å². The number of imidazole rings is 1. The molecule has 0 spiro atoms. The fourth-order valence-electron chi connectivity index (χ4n) is 2.18. The first-order valence-electron chi connectivity index (χ1n) is 6.56. The highest BCUT2D eigenvalue weighted by Gasteiger charge is 2.09. The van der Waals surface area contributed by atoms with E-state index in [-0.39, 0.29) is 0 Å². The minimum Gasteiger partial charge on any atom is -0.283 e. The average molecular weight is 331 g/mol. The van der Waals surface area contributed by atoms with Gasteiger partial charge in [0.15, 0.2) is 0 Å². The van der Waals surface area contributed by atoms with Gasteiger partial charge in [-0.3, -0.25) is 4.57 Å². The maximum atomic E-state index is 4.58. The molecule has 0 saturated carbocycles. The smallest absolute Gasteiger partial charge is 0.143 e. The molecule has 0 aliphatic heterocycles. The lowest BCUT2D eigenvalue weighted by molar-refractivity contribution is 0.886. The molecule has 5 heteroatoms. The number of benzene rings is 1. The highest BCUT2D eigenvalue weighted by atomic mass is 79.9. The van der Waals surface area contributed by atoms with Crippen LogP contribution in [0.2, 0.25) is 0 Å². The Bertz CT molecular complexity index is 792. The topological polar surface area (TPSA) is 43.6 Å². The van der Waals surface area contributed by atoms with Gasteiger partial charge in [-0.15, -0.1) is 0 Å². The van der Waals surface area contributed by atoms with Crippen LogP contribution in [0.3, 0.4) is 0 Å². The van der Waals surface area contributed by atoms with Crippen molar-refractivity contribution in [3.63, 3.8) is 0 Å². The number of hydrogen-bond donors (Lipinski definition) is 0. The van der Waals surface area contributed by atoms with E-state index in [0.717, 1.165) is 33.7 Å². The average Bonchev–Trinajstić information content (AvgIpc) is 2.81. The molecular weight excluding hydrogens is 316 g/mol. The lowest BCUT2D eigenvalue weighted by atomic mass is 10.1. The van der Waals surface area contributed by atoms with Gasteiger partial charge in [-0.1, -0.05) is 6.92 Å². The monoisotopic (exact) mass is 330 g/mol. The van der Waals surface area contributed by atoms with E-state index in [1.807, 2.05) is 23.9 Å². The minimum absolute atomic E-state index is 0.796. The van der Waals surface area contributed by atoms with Crippen molar-refractivity contribution in [3.05, 3.63) is 46.1 Å². The molecule has 0 aliphatic carbocycles. The van der Waals surface area contributed by atoms with Crippen molar-refractivity contribution in [2.75, 3.05) is 0 Å². The highest BCUT2D eigenvalue weighted by molar-refractivity contribution is 9.10. The van der Waals surface area contributed by atoms with E-state index < -0.39 is 0 Å². The number of halogens is 1. The molecule has 0 fully saturated rings. The fraction of sp³-hybridized carbons (Fsp3) is 0.267. The number of rotatable bonds is 2. The summed E-state index contributed by atoms with van der Waals surface area (Å²) in [5, 5.41) is 0. The van der Waals surface area contributed by atoms with E-state index >= 15 is 0 Å². The number of fused-ring (bicyclic) bond motifs is 1. The third kappa shape index (κ3) is 2.22. The molecule has 2 heterocycles. The number of aromatic nitrogens is 4. The summed E-state index contributed by atoms with van der Waals surface area (Å²) < 4.78 is 2.80. The molecule has 3 aromatic rings. The van der Waals surface area contributed by atoms with Crippen molar-refractivity contribution in [2.45, 2.75) is 27.2 Å². The molecule has 102 valence electrons. The summed E-state index contributed by atoms with van der Waals surface area (Å²) in [7, 11) is 0. The van der Waals surface area contributed by atoms with Crippen molar-refractivity contribution >= 4 is 27.0 Å². The molecule has 0 aliphatic rings. The van der Waals surface area contributed by atoms with Crippen LogP contribution >= 0.6 is 15.9 Å². The van der Waals surface area contributed by atoms with Gasteiger partial charge in [-0.25, -0.2) is 15.0 Å². The van der Waals surface area contributed by atoms with Crippen LogP contribution in [0.5, 0.6) is 0 Å². The Morgan fingerprint density at radius 3 is 2.60 bits per heavy atom.